The van der Waals surface area contributed by atoms with Crippen LogP contribution < -0.4 is 5.32 Å². The molecule has 0 amide bonds. The predicted molar refractivity (Wildman–Crippen MR) is 83.6 cm³/mol. The third kappa shape index (κ3) is 2.90. The van der Waals surface area contributed by atoms with Crippen molar-refractivity contribution >= 4 is 11.3 Å². The maximum Gasteiger partial charge on any atom is 0.0333 e. The van der Waals surface area contributed by atoms with Gasteiger partial charge in [0.25, 0.3) is 0 Å². The van der Waals surface area contributed by atoms with E-state index >= 15 is 0 Å². The molecular formula is C17H27NS. The van der Waals surface area contributed by atoms with Gasteiger partial charge in [-0.1, -0.05) is 13.3 Å². The molecule has 2 heteroatoms. The van der Waals surface area contributed by atoms with Crippen LogP contribution in [0, 0.1) is 24.7 Å². The topological polar surface area (TPSA) is 12.0 Å². The van der Waals surface area contributed by atoms with Crippen molar-refractivity contribution in [2.45, 2.75) is 58.4 Å². The minimum Gasteiger partial charge on any atom is -0.310 e. The number of hydrogen-bond acceptors (Lipinski definition) is 2. The molecule has 1 heterocycles. The molecule has 0 aliphatic heterocycles. The third-order valence-electron chi connectivity index (χ3n) is 5.34. The average Bonchev–Trinajstić information content (AvgIpc) is 3.10. The number of aryl methyl sites for hydroxylation is 1. The van der Waals surface area contributed by atoms with E-state index in [1.165, 1.54) is 43.4 Å². The van der Waals surface area contributed by atoms with Crippen LogP contribution in [0.25, 0.3) is 0 Å². The standard InChI is InChI=1S/C17H27NS/c1-3-7-18-17(16-6-8-19-12(16)2)11-15-10-13-4-5-14(15)9-13/h6,8,13-15,17-18H,3-5,7,9-11H2,1-2H3. The first-order valence-electron chi connectivity index (χ1n) is 8.05. The molecule has 0 saturated heterocycles. The van der Waals surface area contributed by atoms with Gasteiger partial charge >= 0.3 is 0 Å². The van der Waals surface area contributed by atoms with Crippen LogP contribution in [0.5, 0.6) is 0 Å². The van der Waals surface area contributed by atoms with Gasteiger partial charge in [0.05, 0.1) is 0 Å². The minimum absolute atomic E-state index is 0.607. The monoisotopic (exact) mass is 277 g/mol. The largest absolute Gasteiger partial charge is 0.310 e. The van der Waals surface area contributed by atoms with Gasteiger partial charge in [0.1, 0.15) is 0 Å². The molecule has 1 N–H and O–H groups in total. The van der Waals surface area contributed by atoms with Crippen LogP contribution >= 0.6 is 11.3 Å². The van der Waals surface area contributed by atoms with E-state index in [1.807, 2.05) is 11.3 Å². The molecule has 2 aliphatic rings. The van der Waals surface area contributed by atoms with E-state index in [4.69, 9.17) is 0 Å². The first kappa shape index (κ1) is 13.6. The summed E-state index contributed by atoms with van der Waals surface area (Å²) in [6.07, 6.45) is 8.69. The van der Waals surface area contributed by atoms with Crippen LogP contribution in [0.1, 0.15) is 61.9 Å². The molecule has 0 radical (unpaired) electrons. The summed E-state index contributed by atoms with van der Waals surface area (Å²) in [6.45, 7) is 5.70. The minimum atomic E-state index is 0.607. The lowest BCUT2D eigenvalue weighted by atomic mass is 9.83. The summed E-state index contributed by atoms with van der Waals surface area (Å²) in [5.41, 5.74) is 1.57. The van der Waals surface area contributed by atoms with Gasteiger partial charge < -0.3 is 5.32 Å². The second kappa shape index (κ2) is 5.97. The van der Waals surface area contributed by atoms with Gasteiger partial charge in [0, 0.05) is 10.9 Å². The maximum absolute atomic E-state index is 3.81. The molecule has 1 aromatic heterocycles. The smallest absolute Gasteiger partial charge is 0.0333 e. The molecule has 0 spiro atoms. The Hall–Kier alpha value is -0.340. The van der Waals surface area contributed by atoms with E-state index < -0.39 is 0 Å². The van der Waals surface area contributed by atoms with Crippen molar-refractivity contribution in [3.63, 3.8) is 0 Å². The Kier molecular flexibility index (Phi) is 4.28. The van der Waals surface area contributed by atoms with Gasteiger partial charge in [-0.2, -0.15) is 0 Å². The van der Waals surface area contributed by atoms with Crippen molar-refractivity contribution in [1.82, 2.24) is 5.32 Å². The first-order valence-corrected chi connectivity index (χ1v) is 8.93. The highest BCUT2D eigenvalue weighted by Gasteiger charge is 2.40. The molecule has 4 atom stereocenters. The number of thiophene rings is 1. The van der Waals surface area contributed by atoms with Gasteiger partial charge in [-0.05, 0) is 80.3 Å². The van der Waals surface area contributed by atoms with Crippen LogP contribution in [-0.4, -0.2) is 6.54 Å². The molecule has 2 bridgehead atoms. The highest BCUT2D eigenvalue weighted by atomic mass is 32.1. The fourth-order valence-electron chi connectivity index (χ4n) is 4.36. The van der Waals surface area contributed by atoms with Crippen molar-refractivity contribution < 1.29 is 0 Å². The molecule has 0 aromatic carbocycles. The number of hydrogen-bond donors (Lipinski definition) is 1. The quantitative estimate of drug-likeness (QED) is 0.778. The van der Waals surface area contributed by atoms with E-state index in [0.717, 1.165) is 24.3 Å². The van der Waals surface area contributed by atoms with Crippen LogP contribution in [0.3, 0.4) is 0 Å². The normalized spacial score (nSPS) is 30.9. The lowest BCUT2D eigenvalue weighted by Crippen LogP contribution is -2.26. The molecule has 106 valence electrons. The molecule has 2 saturated carbocycles. The lowest BCUT2D eigenvalue weighted by Gasteiger charge is -2.27. The fourth-order valence-corrected chi connectivity index (χ4v) is 5.13. The summed E-state index contributed by atoms with van der Waals surface area (Å²) in [4.78, 5) is 1.51. The van der Waals surface area contributed by atoms with E-state index in [-0.39, 0.29) is 0 Å². The zero-order chi connectivity index (χ0) is 13.2. The Morgan fingerprint density at radius 2 is 2.26 bits per heavy atom. The van der Waals surface area contributed by atoms with Gasteiger partial charge in [-0.25, -0.2) is 0 Å². The second-order valence-electron chi connectivity index (χ2n) is 6.61. The molecule has 4 unspecified atom stereocenters. The van der Waals surface area contributed by atoms with Crippen molar-refractivity contribution in [2.75, 3.05) is 6.54 Å². The van der Waals surface area contributed by atoms with Gasteiger partial charge in [0.15, 0.2) is 0 Å². The maximum atomic E-state index is 3.81. The van der Waals surface area contributed by atoms with E-state index in [0.29, 0.717) is 6.04 Å². The molecule has 19 heavy (non-hydrogen) atoms. The summed E-state index contributed by atoms with van der Waals surface area (Å²) in [5.74, 6) is 3.12. The lowest BCUT2D eigenvalue weighted by molar-refractivity contribution is 0.279. The molecule has 1 nitrogen and oxygen atoms in total. The highest BCUT2D eigenvalue weighted by molar-refractivity contribution is 7.10. The Balaban J connectivity index is 1.67. The number of nitrogens with one attached hydrogen (secondary N) is 1. The van der Waals surface area contributed by atoms with Gasteiger partial charge in [0.2, 0.25) is 0 Å². The zero-order valence-electron chi connectivity index (χ0n) is 12.3. The zero-order valence-corrected chi connectivity index (χ0v) is 13.1. The number of rotatable bonds is 6. The van der Waals surface area contributed by atoms with Crippen LogP contribution in [0.4, 0.5) is 0 Å². The Morgan fingerprint density at radius 1 is 1.37 bits per heavy atom. The average molecular weight is 277 g/mol. The van der Waals surface area contributed by atoms with Crippen molar-refractivity contribution in [1.29, 1.82) is 0 Å². The summed E-state index contributed by atoms with van der Waals surface area (Å²) < 4.78 is 0. The van der Waals surface area contributed by atoms with Crippen molar-refractivity contribution in [2.24, 2.45) is 17.8 Å². The van der Waals surface area contributed by atoms with Crippen molar-refractivity contribution in [3.05, 3.63) is 21.9 Å². The van der Waals surface area contributed by atoms with Crippen molar-refractivity contribution in [3.8, 4) is 0 Å². The van der Waals surface area contributed by atoms with E-state index in [1.54, 1.807) is 5.56 Å². The third-order valence-corrected chi connectivity index (χ3v) is 6.20. The second-order valence-corrected chi connectivity index (χ2v) is 7.73. The summed E-state index contributed by atoms with van der Waals surface area (Å²) >= 11 is 1.90. The van der Waals surface area contributed by atoms with Crippen LogP contribution in [0.15, 0.2) is 11.4 Å². The van der Waals surface area contributed by atoms with Crippen LogP contribution in [0.2, 0.25) is 0 Å². The Labute approximate surface area is 121 Å². The van der Waals surface area contributed by atoms with E-state index in [2.05, 4.69) is 30.6 Å². The summed E-state index contributed by atoms with van der Waals surface area (Å²) in [7, 11) is 0. The Bertz CT molecular complexity index is 411. The summed E-state index contributed by atoms with van der Waals surface area (Å²) in [5, 5.41) is 6.06. The molecule has 3 rings (SSSR count). The first-order chi connectivity index (χ1) is 9.28. The number of fused-ring (bicyclic) bond motifs is 2. The highest BCUT2D eigenvalue weighted by Crippen LogP contribution is 2.51. The summed E-state index contributed by atoms with van der Waals surface area (Å²) in [6, 6.07) is 2.95. The van der Waals surface area contributed by atoms with Gasteiger partial charge in [-0.3, -0.25) is 0 Å². The molecule has 2 aliphatic carbocycles. The SMILES string of the molecule is CCCNC(CC1CC2CCC1C2)c1ccsc1C. The molecular weight excluding hydrogens is 250 g/mol. The predicted octanol–water partition coefficient (Wildman–Crippen LogP) is 4.92. The molecule has 2 fully saturated rings. The van der Waals surface area contributed by atoms with Gasteiger partial charge in [-0.15, -0.1) is 11.3 Å². The van der Waals surface area contributed by atoms with Crippen LogP contribution in [-0.2, 0) is 0 Å². The van der Waals surface area contributed by atoms with E-state index in [9.17, 15) is 0 Å². The Morgan fingerprint density at radius 3 is 2.84 bits per heavy atom. The fraction of sp³-hybridized carbons (Fsp3) is 0.765. The molecule has 1 aromatic rings.